The number of carbonyl (C=O) groups is 1. The van der Waals surface area contributed by atoms with E-state index in [1.165, 1.54) is 0 Å². The van der Waals surface area contributed by atoms with Crippen LogP contribution in [0, 0.1) is 0 Å². The van der Waals surface area contributed by atoms with E-state index < -0.39 is 7.12 Å². The predicted octanol–water partition coefficient (Wildman–Crippen LogP) is 1.76. The van der Waals surface area contributed by atoms with Gasteiger partial charge < -0.3 is 9.31 Å². The van der Waals surface area contributed by atoms with Crippen molar-refractivity contribution in [1.82, 2.24) is 4.98 Å². The van der Waals surface area contributed by atoms with E-state index in [2.05, 4.69) is 4.98 Å². The van der Waals surface area contributed by atoms with Gasteiger partial charge in [0.2, 0.25) is 0 Å². The molecule has 0 radical (unpaired) electrons. The third-order valence-corrected chi connectivity index (χ3v) is 4.00. The third-order valence-electron chi connectivity index (χ3n) is 4.00. The average molecular weight is 261 g/mol. The van der Waals surface area contributed by atoms with Crippen molar-refractivity contribution in [3.8, 4) is 0 Å². The van der Waals surface area contributed by atoms with Gasteiger partial charge in [-0.05, 0) is 40.2 Å². The van der Waals surface area contributed by atoms with Gasteiger partial charge in [0.05, 0.1) is 11.2 Å². The molecule has 102 valence electrons. The Bertz CT molecular complexity index is 483. The van der Waals surface area contributed by atoms with Crippen LogP contribution in [0.15, 0.2) is 12.3 Å². The minimum atomic E-state index is -0.465. The molecule has 0 atom stereocenters. The Hall–Kier alpha value is -1.20. The molecular formula is C14H20BNO3. The molecule has 19 heavy (non-hydrogen) atoms. The van der Waals surface area contributed by atoms with Crippen LogP contribution in [-0.4, -0.2) is 29.6 Å². The summed E-state index contributed by atoms with van der Waals surface area (Å²) in [6, 6.07) is 1.81. The van der Waals surface area contributed by atoms with Gasteiger partial charge in [0.1, 0.15) is 0 Å². The van der Waals surface area contributed by atoms with Gasteiger partial charge in [0.25, 0.3) is 0 Å². The predicted molar refractivity (Wildman–Crippen MR) is 74.7 cm³/mol. The third kappa shape index (κ3) is 2.45. The van der Waals surface area contributed by atoms with Crippen molar-refractivity contribution in [3.05, 3.63) is 23.5 Å². The van der Waals surface area contributed by atoms with Crippen LogP contribution in [0.1, 0.15) is 50.7 Å². The van der Waals surface area contributed by atoms with E-state index in [-0.39, 0.29) is 11.2 Å². The number of hydrogen-bond acceptors (Lipinski definition) is 4. The molecule has 0 N–H and O–H groups in total. The summed E-state index contributed by atoms with van der Waals surface area (Å²) in [5.74, 6) is 0. The van der Waals surface area contributed by atoms with E-state index in [4.69, 9.17) is 9.31 Å². The van der Waals surface area contributed by atoms with E-state index in [0.29, 0.717) is 5.56 Å². The summed E-state index contributed by atoms with van der Waals surface area (Å²) in [5.41, 5.74) is 1.52. The summed E-state index contributed by atoms with van der Waals surface area (Å²) in [7, 11) is -0.465. The second kappa shape index (κ2) is 4.73. The maximum absolute atomic E-state index is 10.9. The SMILES string of the molecule is CCc1ncc(C=O)cc1B1OC(C)(C)C(C)(C)O1. The molecule has 1 aliphatic heterocycles. The average Bonchev–Trinajstić information content (AvgIpc) is 2.57. The van der Waals surface area contributed by atoms with Gasteiger partial charge in [-0.15, -0.1) is 0 Å². The molecule has 1 aromatic heterocycles. The quantitative estimate of drug-likeness (QED) is 0.614. The van der Waals surface area contributed by atoms with Crippen molar-refractivity contribution < 1.29 is 14.1 Å². The Morgan fingerprint density at radius 3 is 2.32 bits per heavy atom. The molecule has 4 nitrogen and oxygen atoms in total. The lowest BCUT2D eigenvalue weighted by Gasteiger charge is -2.32. The Morgan fingerprint density at radius 2 is 1.84 bits per heavy atom. The zero-order valence-electron chi connectivity index (χ0n) is 12.2. The number of carbonyl (C=O) groups excluding carboxylic acids is 1. The lowest BCUT2D eigenvalue weighted by atomic mass is 9.76. The molecule has 0 saturated carbocycles. The highest BCUT2D eigenvalue weighted by Crippen LogP contribution is 2.36. The van der Waals surface area contributed by atoms with Crippen molar-refractivity contribution in [3.63, 3.8) is 0 Å². The molecule has 1 aromatic rings. The van der Waals surface area contributed by atoms with Crippen molar-refractivity contribution in [2.24, 2.45) is 0 Å². The minimum Gasteiger partial charge on any atom is -0.399 e. The molecule has 5 heteroatoms. The zero-order valence-corrected chi connectivity index (χ0v) is 12.2. The Morgan fingerprint density at radius 1 is 1.26 bits per heavy atom. The van der Waals surface area contributed by atoms with Crippen molar-refractivity contribution >= 4 is 18.9 Å². The van der Waals surface area contributed by atoms with E-state index in [0.717, 1.165) is 23.9 Å². The molecule has 0 amide bonds. The Balaban J connectivity index is 2.40. The largest absolute Gasteiger partial charge is 0.496 e. The molecule has 1 aliphatic rings. The lowest BCUT2D eigenvalue weighted by molar-refractivity contribution is 0.00578. The first-order valence-electron chi connectivity index (χ1n) is 6.60. The van der Waals surface area contributed by atoms with E-state index in [1.807, 2.05) is 34.6 Å². The summed E-state index contributed by atoms with van der Waals surface area (Å²) in [5, 5.41) is 0. The summed E-state index contributed by atoms with van der Waals surface area (Å²) in [6.07, 6.45) is 3.15. The fraction of sp³-hybridized carbons (Fsp3) is 0.571. The van der Waals surface area contributed by atoms with Gasteiger partial charge in [-0.2, -0.15) is 0 Å². The minimum absolute atomic E-state index is 0.389. The number of aromatic nitrogens is 1. The van der Waals surface area contributed by atoms with Crippen LogP contribution < -0.4 is 5.46 Å². The van der Waals surface area contributed by atoms with E-state index in [1.54, 1.807) is 12.3 Å². The van der Waals surface area contributed by atoms with Crippen LogP contribution in [0.2, 0.25) is 0 Å². The summed E-state index contributed by atoms with van der Waals surface area (Å²) < 4.78 is 12.0. The van der Waals surface area contributed by atoms with Gasteiger partial charge in [-0.1, -0.05) is 6.92 Å². The maximum atomic E-state index is 10.9. The Labute approximate surface area is 114 Å². The number of hydrogen-bond donors (Lipinski definition) is 0. The first-order chi connectivity index (χ1) is 8.80. The van der Waals surface area contributed by atoms with E-state index >= 15 is 0 Å². The molecule has 1 saturated heterocycles. The normalized spacial score (nSPS) is 20.6. The molecule has 0 aliphatic carbocycles. The molecule has 2 rings (SSSR count). The first kappa shape index (κ1) is 14.2. The van der Waals surface area contributed by atoms with Crippen LogP contribution in [0.5, 0.6) is 0 Å². The number of nitrogens with zero attached hydrogens (tertiary/aromatic N) is 1. The molecular weight excluding hydrogens is 241 g/mol. The van der Waals surface area contributed by atoms with Gasteiger partial charge >= 0.3 is 7.12 Å². The molecule has 1 fully saturated rings. The second-order valence-corrected chi connectivity index (χ2v) is 5.86. The topological polar surface area (TPSA) is 48.4 Å². The fourth-order valence-electron chi connectivity index (χ4n) is 2.06. The standard InChI is InChI=1S/C14H20BNO3/c1-6-12-11(7-10(9-17)8-16-12)15-18-13(2,3)14(4,5)19-15/h7-9H,6H2,1-5H3. The van der Waals surface area contributed by atoms with Crippen LogP contribution in [0.4, 0.5) is 0 Å². The summed E-state index contributed by atoms with van der Waals surface area (Å²) in [6.45, 7) is 10.1. The molecule has 0 bridgehead atoms. The van der Waals surface area contributed by atoms with Crippen LogP contribution in [0.25, 0.3) is 0 Å². The highest BCUT2D eigenvalue weighted by molar-refractivity contribution is 6.62. The van der Waals surface area contributed by atoms with Crippen LogP contribution in [0.3, 0.4) is 0 Å². The molecule has 2 heterocycles. The molecule has 0 spiro atoms. The maximum Gasteiger partial charge on any atom is 0.496 e. The number of rotatable bonds is 3. The highest BCUT2D eigenvalue weighted by Gasteiger charge is 2.52. The van der Waals surface area contributed by atoms with Gasteiger partial charge in [-0.25, -0.2) is 0 Å². The van der Waals surface area contributed by atoms with E-state index in [9.17, 15) is 4.79 Å². The second-order valence-electron chi connectivity index (χ2n) is 5.86. The molecule has 0 aromatic carbocycles. The number of pyridine rings is 1. The van der Waals surface area contributed by atoms with Crippen molar-refractivity contribution in [1.29, 1.82) is 0 Å². The van der Waals surface area contributed by atoms with Crippen LogP contribution in [-0.2, 0) is 15.7 Å². The van der Waals surface area contributed by atoms with Gasteiger partial charge in [0.15, 0.2) is 6.29 Å². The van der Waals surface area contributed by atoms with Gasteiger partial charge in [-0.3, -0.25) is 9.78 Å². The monoisotopic (exact) mass is 261 g/mol. The fourth-order valence-corrected chi connectivity index (χ4v) is 2.06. The molecule has 0 unspecified atom stereocenters. The number of aldehydes is 1. The lowest BCUT2D eigenvalue weighted by Crippen LogP contribution is -2.41. The van der Waals surface area contributed by atoms with Crippen LogP contribution >= 0.6 is 0 Å². The summed E-state index contributed by atoms with van der Waals surface area (Å²) >= 11 is 0. The first-order valence-corrected chi connectivity index (χ1v) is 6.60. The Kier molecular flexibility index (Phi) is 3.54. The number of aryl methyl sites for hydroxylation is 1. The highest BCUT2D eigenvalue weighted by atomic mass is 16.7. The zero-order chi connectivity index (χ0) is 14.3. The van der Waals surface area contributed by atoms with Crippen molar-refractivity contribution in [2.75, 3.05) is 0 Å². The summed E-state index contributed by atoms with van der Waals surface area (Å²) in [4.78, 5) is 15.2. The van der Waals surface area contributed by atoms with Gasteiger partial charge in [0, 0.05) is 22.9 Å². The van der Waals surface area contributed by atoms with Crippen molar-refractivity contribution in [2.45, 2.75) is 52.2 Å². The smallest absolute Gasteiger partial charge is 0.399 e.